The Morgan fingerprint density at radius 1 is 1.69 bits per heavy atom. The molecule has 1 aromatic rings. The molecule has 0 radical (unpaired) electrons. The quantitative estimate of drug-likeness (QED) is 0.681. The number of pyridine rings is 1. The summed E-state index contributed by atoms with van der Waals surface area (Å²) in [6, 6.07) is 1.65. The Morgan fingerprint density at radius 3 is 3.00 bits per heavy atom. The van der Waals surface area contributed by atoms with Crippen molar-refractivity contribution >= 4 is 27.7 Å². The lowest BCUT2D eigenvalue weighted by atomic mass is 10.3. The fraction of sp³-hybridized carbons (Fsp3) is 0.273. The average molecular weight is 283 g/mol. The maximum atomic E-state index is 11.2. The van der Waals surface area contributed by atoms with Crippen molar-refractivity contribution in [2.45, 2.75) is 6.92 Å². The number of halogens is 1. The number of methoxy groups -OCH3 is 1. The van der Waals surface area contributed by atoms with Gasteiger partial charge in [0.1, 0.15) is 5.82 Å². The van der Waals surface area contributed by atoms with Gasteiger partial charge in [-0.1, -0.05) is 5.92 Å². The van der Waals surface area contributed by atoms with Crippen LogP contribution in [0.5, 0.6) is 0 Å². The summed E-state index contributed by atoms with van der Waals surface area (Å²) in [5, 5.41) is 3.01. The summed E-state index contributed by atoms with van der Waals surface area (Å²) in [7, 11) is 1.33. The van der Waals surface area contributed by atoms with Gasteiger partial charge in [0.25, 0.3) is 0 Å². The maximum absolute atomic E-state index is 11.2. The fourth-order valence-electron chi connectivity index (χ4n) is 1.01. The van der Waals surface area contributed by atoms with E-state index in [1.807, 2.05) is 0 Å². The third kappa shape index (κ3) is 3.24. The second-order valence-electron chi connectivity index (χ2n) is 2.83. The summed E-state index contributed by atoms with van der Waals surface area (Å²) >= 11 is 3.32. The van der Waals surface area contributed by atoms with Crippen LogP contribution in [0.1, 0.15) is 17.3 Å². The summed E-state index contributed by atoms with van der Waals surface area (Å²) in [5.41, 5.74) is 0.404. The molecule has 0 bridgehead atoms. The lowest BCUT2D eigenvalue weighted by Gasteiger charge is -2.05. The number of hydrogen-bond donors (Lipinski definition) is 1. The first-order valence-electron chi connectivity index (χ1n) is 4.56. The van der Waals surface area contributed by atoms with Crippen LogP contribution in [0.4, 0.5) is 5.82 Å². The van der Waals surface area contributed by atoms with Crippen molar-refractivity contribution in [3.05, 3.63) is 22.3 Å². The van der Waals surface area contributed by atoms with Crippen molar-refractivity contribution < 1.29 is 9.53 Å². The van der Waals surface area contributed by atoms with E-state index in [4.69, 9.17) is 0 Å². The predicted molar refractivity (Wildman–Crippen MR) is 65.2 cm³/mol. The van der Waals surface area contributed by atoms with Crippen LogP contribution in [0.15, 0.2) is 16.7 Å². The highest BCUT2D eigenvalue weighted by Gasteiger charge is 2.08. The molecule has 0 saturated carbocycles. The summed E-state index contributed by atoms with van der Waals surface area (Å²) in [5.74, 6) is 5.86. The highest BCUT2D eigenvalue weighted by atomic mass is 79.9. The van der Waals surface area contributed by atoms with Crippen LogP contribution < -0.4 is 5.32 Å². The molecule has 16 heavy (non-hydrogen) atoms. The number of aromatic nitrogens is 1. The number of nitrogens with zero attached hydrogens (tertiary/aromatic N) is 1. The molecule has 1 rings (SSSR count). The molecule has 1 aromatic heterocycles. The molecular formula is C11H11BrN2O2. The normalized spacial score (nSPS) is 8.94. The minimum atomic E-state index is -0.409. The van der Waals surface area contributed by atoms with Crippen molar-refractivity contribution in [1.29, 1.82) is 0 Å². The highest BCUT2D eigenvalue weighted by Crippen LogP contribution is 2.20. The summed E-state index contributed by atoms with van der Waals surface area (Å²) < 4.78 is 5.29. The lowest BCUT2D eigenvalue weighted by Crippen LogP contribution is -2.05. The third-order valence-corrected chi connectivity index (χ3v) is 2.39. The molecule has 0 aliphatic heterocycles. The molecule has 5 heteroatoms. The maximum Gasteiger partial charge on any atom is 0.339 e. The average Bonchev–Trinajstić information content (AvgIpc) is 2.30. The van der Waals surface area contributed by atoms with E-state index in [2.05, 4.69) is 42.8 Å². The van der Waals surface area contributed by atoms with Crippen molar-refractivity contribution in [1.82, 2.24) is 4.98 Å². The number of carbonyl (C=O) groups is 1. The van der Waals surface area contributed by atoms with Gasteiger partial charge in [0, 0.05) is 6.20 Å². The van der Waals surface area contributed by atoms with E-state index < -0.39 is 5.97 Å². The number of anilines is 1. The van der Waals surface area contributed by atoms with E-state index in [9.17, 15) is 4.79 Å². The molecule has 0 aliphatic carbocycles. The molecule has 1 heterocycles. The first-order valence-corrected chi connectivity index (χ1v) is 5.35. The van der Waals surface area contributed by atoms with Gasteiger partial charge in [-0.05, 0) is 28.9 Å². The Balaban J connectivity index is 2.81. The van der Waals surface area contributed by atoms with Gasteiger partial charge in [-0.3, -0.25) is 0 Å². The third-order valence-electron chi connectivity index (χ3n) is 1.78. The fourth-order valence-corrected chi connectivity index (χ4v) is 1.50. The van der Waals surface area contributed by atoms with Crippen LogP contribution >= 0.6 is 15.9 Å². The zero-order valence-electron chi connectivity index (χ0n) is 9.00. The molecule has 0 saturated heterocycles. The molecule has 1 N–H and O–H groups in total. The predicted octanol–water partition coefficient (Wildman–Crippen LogP) is 2.07. The Hall–Kier alpha value is -1.54. The molecule has 0 unspecified atom stereocenters. The van der Waals surface area contributed by atoms with Crippen molar-refractivity contribution in [3.8, 4) is 11.8 Å². The van der Waals surface area contributed by atoms with Gasteiger partial charge in [-0.15, -0.1) is 5.92 Å². The Morgan fingerprint density at radius 2 is 2.44 bits per heavy atom. The zero-order chi connectivity index (χ0) is 12.0. The topological polar surface area (TPSA) is 51.2 Å². The molecule has 0 fully saturated rings. The van der Waals surface area contributed by atoms with E-state index in [-0.39, 0.29) is 0 Å². The molecule has 0 amide bonds. The number of ether oxygens (including phenoxy) is 1. The molecule has 84 valence electrons. The smallest absolute Gasteiger partial charge is 0.339 e. The Labute approximate surface area is 103 Å². The van der Waals surface area contributed by atoms with Crippen LogP contribution in [0.2, 0.25) is 0 Å². The Kier molecular flexibility index (Phi) is 4.80. The van der Waals surface area contributed by atoms with Gasteiger partial charge in [-0.2, -0.15) is 0 Å². The van der Waals surface area contributed by atoms with Crippen molar-refractivity contribution in [2.75, 3.05) is 19.0 Å². The van der Waals surface area contributed by atoms with Gasteiger partial charge in [-0.25, -0.2) is 9.78 Å². The summed E-state index contributed by atoms with van der Waals surface area (Å²) in [4.78, 5) is 15.3. The second-order valence-corrected chi connectivity index (χ2v) is 3.68. The summed E-state index contributed by atoms with van der Waals surface area (Å²) in [6.45, 7) is 2.28. The lowest BCUT2D eigenvalue weighted by molar-refractivity contribution is 0.0600. The minimum absolute atomic E-state index is 0.404. The number of esters is 1. The number of rotatable bonds is 3. The largest absolute Gasteiger partial charge is 0.465 e. The zero-order valence-corrected chi connectivity index (χ0v) is 10.6. The number of carbonyl (C=O) groups excluding carboxylic acids is 1. The molecule has 0 atom stereocenters. The van der Waals surface area contributed by atoms with Gasteiger partial charge in [0.05, 0.1) is 23.7 Å². The van der Waals surface area contributed by atoms with E-state index in [0.717, 1.165) is 0 Å². The Bertz CT molecular complexity index is 449. The van der Waals surface area contributed by atoms with Gasteiger partial charge in [0.15, 0.2) is 0 Å². The van der Waals surface area contributed by atoms with Gasteiger partial charge >= 0.3 is 5.97 Å². The molecular weight excluding hydrogens is 272 g/mol. The van der Waals surface area contributed by atoms with E-state index in [1.54, 1.807) is 13.0 Å². The first kappa shape index (κ1) is 12.5. The van der Waals surface area contributed by atoms with Crippen LogP contribution in [-0.2, 0) is 4.74 Å². The van der Waals surface area contributed by atoms with Crippen LogP contribution in [0.25, 0.3) is 0 Å². The standard InChI is InChI=1S/C11H11BrN2O2/c1-3-4-5-13-10-9(12)6-8(7-14-10)11(15)16-2/h6-7H,5H2,1-2H3,(H,13,14). The van der Waals surface area contributed by atoms with E-state index >= 15 is 0 Å². The number of nitrogens with one attached hydrogen (secondary N) is 1. The highest BCUT2D eigenvalue weighted by molar-refractivity contribution is 9.10. The molecule has 0 spiro atoms. The van der Waals surface area contributed by atoms with Crippen molar-refractivity contribution in [2.24, 2.45) is 0 Å². The van der Waals surface area contributed by atoms with Crippen LogP contribution in [0, 0.1) is 11.8 Å². The molecule has 0 aromatic carbocycles. The minimum Gasteiger partial charge on any atom is -0.465 e. The van der Waals surface area contributed by atoms with Gasteiger partial charge < -0.3 is 10.1 Å². The van der Waals surface area contributed by atoms with Gasteiger partial charge in [0.2, 0.25) is 0 Å². The SMILES string of the molecule is CC#CCNc1ncc(C(=O)OC)cc1Br. The molecule has 4 nitrogen and oxygen atoms in total. The van der Waals surface area contributed by atoms with E-state index in [1.165, 1.54) is 13.3 Å². The second kappa shape index (κ2) is 6.13. The van der Waals surface area contributed by atoms with E-state index in [0.29, 0.717) is 22.4 Å². The number of hydrogen-bond acceptors (Lipinski definition) is 4. The first-order chi connectivity index (χ1) is 7.69. The molecule has 0 aliphatic rings. The monoisotopic (exact) mass is 282 g/mol. The van der Waals surface area contributed by atoms with Crippen LogP contribution in [-0.4, -0.2) is 24.6 Å². The van der Waals surface area contributed by atoms with Crippen molar-refractivity contribution in [3.63, 3.8) is 0 Å². The summed E-state index contributed by atoms with van der Waals surface area (Å²) in [6.07, 6.45) is 1.46. The van der Waals surface area contributed by atoms with Crippen LogP contribution in [0.3, 0.4) is 0 Å².